The first kappa shape index (κ1) is 12.1. The zero-order valence-corrected chi connectivity index (χ0v) is 10.0. The molecule has 0 saturated heterocycles. The van der Waals surface area contributed by atoms with E-state index >= 15 is 0 Å². The van der Waals surface area contributed by atoms with Gasteiger partial charge in [-0.3, -0.25) is 4.98 Å². The first-order valence-electron chi connectivity index (χ1n) is 4.29. The monoisotopic (exact) mass is 191 g/mol. The van der Waals surface area contributed by atoms with Crippen LogP contribution in [0.1, 0.15) is 27.7 Å². The van der Waals surface area contributed by atoms with Crippen LogP contribution in [0, 0.1) is 0 Å². The summed E-state index contributed by atoms with van der Waals surface area (Å²) < 4.78 is 10.8. The molecule has 0 heterocycles. The molecule has 0 aromatic carbocycles. The van der Waals surface area contributed by atoms with Gasteiger partial charge in [-0.2, -0.15) is 0 Å². The third-order valence-electron chi connectivity index (χ3n) is 1.69. The maximum absolute atomic E-state index is 5.42. The van der Waals surface area contributed by atoms with E-state index in [4.69, 9.17) is 8.85 Å². The van der Waals surface area contributed by atoms with E-state index in [2.05, 4.69) is 32.7 Å². The summed E-state index contributed by atoms with van der Waals surface area (Å²) in [6.45, 7) is 8.42. The Labute approximate surface area is 76.8 Å². The molecular formula is C8H21NO2Si. The van der Waals surface area contributed by atoms with Gasteiger partial charge >= 0.3 is 8.72 Å². The predicted molar refractivity (Wildman–Crippen MR) is 53.1 cm³/mol. The first-order valence-corrected chi connectivity index (χ1v) is 6.31. The van der Waals surface area contributed by atoms with E-state index in [1.54, 1.807) is 14.2 Å². The van der Waals surface area contributed by atoms with Gasteiger partial charge in [0.15, 0.2) is 0 Å². The standard InChI is InChI=1S/C8H21NO2Si/c1-7-12(10-5,11-6)9-8(2,3)4/h9H,7H2,1-6H3. The van der Waals surface area contributed by atoms with Crippen molar-refractivity contribution in [1.29, 1.82) is 0 Å². The minimum atomic E-state index is -2.10. The van der Waals surface area contributed by atoms with Crippen LogP contribution in [0.25, 0.3) is 0 Å². The summed E-state index contributed by atoms with van der Waals surface area (Å²) in [4.78, 5) is 3.41. The molecular weight excluding hydrogens is 170 g/mol. The van der Waals surface area contributed by atoms with Gasteiger partial charge < -0.3 is 8.85 Å². The van der Waals surface area contributed by atoms with Crippen LogP contribution in [0.2, 0.25) is 6.04 Å². The van der Waals surface area contributed by atoms with Crippen molar-refractivity contribution in [3.05, 3.63) is 0 Å². The lowest BCUT2D eigenvalue weighted by molar-refractivity contribution is 0.213. The fourth-order valence-corrected chi connectivity index (χ4v) is 3.40. The van der Waals surface area contributed by atoms with Gasteiger partial charge in [0, 0.05) is 25.8 Å². The van der Waals surface area contributed by atoms with Crippen LogP contribution in [-0.4, -0.2) is 28.5 Å². The van der Waals surface area contributed by atoms with Gasteiger partial charge in [0.2, 0.25) is 0 Å². The zero-order chi connectivity index (χ0) is 9.83. The minimum Gasteiger partial charge on any atom is -0.386 e. The molecule has 0 spiro atoms. The highest BCUT2D eigenvalue weighted by molar-refractivity contribution is 6.64. The van der Waals surface area contributed by atoms with Crippen LogP contribution < -0.4 is 4.98 Å². The lowest BCUT2D eigenvalue weighted by atomic mass is 10.1. The van der Waals surface area contributed by atoms with Gasteiger partial charge in [0.25, 0.3) is 0 Å². The summed E-state index contributed by atoms with van der Waals surface area (Å²) in [6.07, 6.45) is 0. The molecule has 0 bridgehead atoms. The van der Waals surface area contributed by atoms with Crippen molar-refractivity contribution in [3.8, 4) is 0 Å². The van der Waals surface area contributed by atoms with Crippen LogP contribution in [0.3, 0.4) is 0 Å². The Morgan fingerprint density at radius 2 is 1.58 bits per heavy atom. The summed E-state index contributed by atoms with van der Waals surface area (Å²) >= 11 is 0. The zero-order valence-electron chi connectivity index (χ0n) is 9.02. The summed E-state index contributed by atoms with van der Waals surface area (Å²) in [6, 6.07) is 0.914. The Kier molecular flexibility index (Phi) is 4.40. The molecule has 0 aliphatic heterocycles. The Morgan fingerprint density at radius 1 is 1.17 bits per heavy atom. The largest absolute Gasteiger partial charge is 0.424 e. The maximum Gasteiger partial charge on any atom is 0.424 e. The molecule has 12 heavy (non-hydrogen) atoms. The van der Waals surface area contributed by atoms with Crippen LogP contribution >= 0.6 is 0 Å². The lowest BCUT2D eigenvalue weighted by Crippen LogP contribution is -2.61. The smallest absolute Gasteiger partial charge is 0.386 e. The van der Waals surface area contributed by atoms with Gasteiger partial charge in [0.05, 0.1) is 0 Å². The number of hydrogen-bond donors (Lipinski definition) is 1. The van der Waals surface area contributed by atoms with Crippen molar-refractivity contribution in [1.82, 2.24) is 4.98 Å². The van der Waals surface area contributed by atoms with E-state index < -0.39 is 8.72 Å². The second-order valence-corrected chi connectivity index (χ2v) is 7.17. The van der Waals surface area contributed by atoms with Crippen molar-refractivity contribution in [2.45, 2.75) is 39.3 Å². The SMILES string of the molecule is CC[Si](NC(C)(C)C)(OC)OC. The fourth-order valence-electron chi connectivity index (χ4n) is 1.13. The highest BCUT2D eigenvalue weighted by atomic mass is 28.4. The van der Waals surface area contributed by atoms with Crippen molar-refractivity contribution in [3.63, 3.8) is 0 Å². The van der Waals surface area contributed by atoms with E-state index in [1.165, 1.54) is 0 Å². The molecule has 0 saturated carbocycles. The molecule has 74 valence electrons. The van der Waals surface area contributed by atoms with Crippen LogP contribution in [0.5, 0.6) is 0 Å². The van der Waals surface area contributed by atoms with Gasteiger partial charge in [-0.25, -0.2) is 0 Å². The summed E-state index contributed by atoms with van der Waals surface area (Å²) in [7, 11) is 1.31. The van der Waals surface area contributed by atoms with Crippen molar-refractivity contribution in [2.24, 2.45) is 0 Å². The number of hydrogen-bond acceptors (Lipinski definition) is 3. The molecule has 0 rings (SSSR count). The number of rotatable bonds is 4. The molecule has 0 aliphatic carbocycles. The van der Waals surface area contributed by atoms with Gasteiger partial charge in [-0.1, -0.05) is 6.92 Å². The van der Waals surface area contributed by atoms with Crippen molar-refractivity contribution < 1.29 is 8.85 Å². The normalized spacial score (nSPS) is 13.5. The molecule has 3 nitrogen and oxygen atoms in total. The van der Waals surface area contributed by atoms with E-state index in [9.17, 15) is 0 Å². The summed E-state index contributed by atoms with van der Waals surface area (Å²) in [5, 5.41) is 0. The molecule has 0 aromatic rings. The fraction of sp³-hybridized carbons (Fsp3) is 1.00. The van der Waals surface area contributed by atoms with Crippen LogP contribution in [0.15, 0.2) is 0 Å². The Bertz CT molecular complexity index is 121. The average Bonchev–Trinajstić information content (AvgIpc) is 1.99. The van der Waals surface area contributed by atoms with E-state index in [0.717, 1.165) is 6.04 Å². The van der Waals surface area contributed by atoms with Crippen LogP contribution in [-0.2, 0) is 8.85 Å². The summed E-state index contributed by atoms with van der Waals surface area (Å²) in [5.74, 6) is 0. The second kappa shape index (κ2) is 4.37. The molecule has 1 N–H and O–H groups in total. The third kappa shape index (κ3) is 3.67. The van der Waals surface area contributed by atoms with Crippen molar-refractivity contribution in [2.75, 3.05) is 14.2 Å². The van der Waals surface area contributed by atoms with Gasteiger partial charge in [0.1, 0.15) is 0 Å². The predicted octanol–water partition coefficient (Wildman–Crippen LogP) is 1.63. The Balaban J connectivity index is 4.30. The topological polar surface area (TPSA) is 30.5 Å². The summed E-state index contributed by atoms with van der Waals surface area (Å²) in [5.41, 5.74) is 0.0499. The lowest BCUT2D eigenvalue weighted by Gasteiger charge is -2.34. The van der Waals surface area contributed by atoms with Crippen molar-refractivity contribution >= 4 is 8.72 Å². The van der Waals surface area contributed by atoms with E-state index in [-0.39, 0.29) is 5.54 Å². The number of nitrogens with one attached hydrogen (secondary N) is 1. The molecule has 0 atom stereocenters. The quantitative estimate of drug-likeness (QED) is 0.685. The minimum absolute atomic E-state index is 0.0499. The van der Waals surface area contributed by atoms with Crippen LogP contribution in [0.4, 0.5) is 0 Å². The Hall–Kier alpha value is 0.0969. The third-order valence-corrected chi connectivity index (χ3v) is 5.07. The van der Waals surface area contributed by atoms with Gasteiger partial charge in [-0.05, 0) is 20.8 Å². The second-order valence-electron chi connectivity index (χ2n) is 3.89. The highest BCUT2D eigenvalue weighted by Crippen LogP contribution is 2.12. The molecule has 0 unspecified atom stereocenters. The molecule has 0 aliphatic rings. The first-order chi connectivity index (χ1) is 5.39. The maximum atomic E-state index is 5.42. The molecule has 0 fully saturated rings. The molecule has 0 radical (unpaired) electrons. The highest BCUT2D eigenvalue weighted by Gasteiger charge is 2.37. The van der Waals surface area contributed by atoms with E-state index in [0.29, 0.717) is 0 Å². The molecule has 0 amide bonds. The van der Waals surface area contributed by atoms with Gasteiger partial charge in [-0.15, -0.1) is 0 Å². The van der Waals surface area contributed by atoms with E-state index in [1.807, 2.05) is 0 Å². The Morgan fingerprint density at radius 3 is 1.67 bits per heavy atom. The average molecular weight is 191 g/mol. The molecule has 0 aromatic heterocycles. The molecule has 4 heteroatoms.